The lowest BCUT2D eigenvalue weighted by molar-refractivity contribution is -0.142. The number of rotatable bonds is 8. The topological polar surface area (TPSA) is 105 Å². The van der Waals surface area contributed by atoms with Crippen molar-refractivity contribution in [2.45, 2.75) is 56.5 Å². The second kappa shape index (κ2) is 11.2. The second-order valence-corrected chi connectivity index (χ2v) is 9.24. The number of ether oxygens (including phenoxy) is 1. The van der Waals surface area contributed by atoms with E-state index in [1.807, 2.05) is 24.3 Å². The van der Waals surface area contributed by atoms with Crippen LogP contribution in [0, 0.1) is 5.92 Å². The standard InChI is InChI=1S/C28H32N2O5/c1-2-10-25(27(32)33)29-26(31)22-15-4-3-5-16-24(22)30-28(34)35-17-23-20-13-8-6-11-18(20)19-12-7-9-14-21(19)23/h2,6-9,11-14,22-25H,1,3-5,10,15-17H2,(H,29,31)(H,30,34)(H,32,33)/t22-,24+,25?/m1/s1. The van der Waals surface area contributed by atoms with Gasteiger partial charge in [0.05, 0.1) is 5.92 Å². The lowest BCUT2D eigenvalue weighted by atomic mass is 9.93. The maximum absolute atomic E-state index is 13.0. The van der Waals surface area contributed by atoms with Gasteiger partial charge in [0.1, 0.15) is 12.6 Å². The summed E-state index contributed by atoms with van der Waals surface area (Å²) in [5.74, 6) is -2.01. The molecule has 2 aliphatic rings. The number of carboxylic acids is 1. The van der Waals surface area contributed by atoms with E-state index in [1.54, 1.807) is 0 Å². The molecule has 3 N–H and O–H groups in total. The molecule has 0 aliphatic heterocycles. The number of fused-ring (bicyclic) bond motifs is 3. The number of alkyl carbamates (subject to hydrolysis) is 1. The van der Waals surface area contributed by atoms with Crippen molar-refractivity contribution in [3.05, 3.63) is 72.3 Å². The highest BCUT2D eigenvalue weighted by molar-refractivity contribution is 5.86. The van der Waals surface area contributed by atoms with Gasteiger partial charge in [-0.3, -0.25) is 4.79 Å². The van der Waals surface area contributed by atoms with Gasteiger partial charge >= 0.3 is 12.1 Å². The molecule has 0 radical (unpaired) electrons. The third-order valence-electron chi connectivity index (χ3n) is 7.02. The van der Waals surface area contributed by atoms with Crippen LogP contribution in [0.15, 0.2) is 61.2 Å². The van der Waals surface area contributed by atoms with Gasteiger partial charge in [-0.05, 0) is 41.5 Å². The average Bonchev–Trinajstić information content (AvgIpc) is 2.98. The van der Waals surface area contributed by atoms with Gasteiger partial charge in [0, 0.05) is 12.0 Å². The van der Waals surface area contributed by atoms with Crippen molar-refractivity contribution < 1.29 is 24.2 Å². The van der Waals surface area contributed by atoms with Gasteiger partial charge in [-0.2, -0.15) is 0 Å². The maximum Gasteiger partial charge on any atom is 0.407 e. The Morgan fingerprint density at radius 3 is 2.26 bits per heavy atom. The molecule has 2 amide bonds. The number of amides is 2. The summed E-state index contributed by atoms with van der Waals surface area (Å²) < 4.78 is 5.68. The van der Waals surface area contributed by atoms with Gasteiger partial charge in [-0.15, -0.1) is 6.58 Å². The summed E-state index contributed by atoms with van der Waals surface area (Å²) in [6.07, 6.45) is 4.96. The van der Waals surface area contributed by atoms with Crippen LogP contribution < -0.4 is 10.6 Å². The molecule has 0 aromatic heterocycles. The van der Waals surface area contributed by atoms with Crippen molar-refractivity contribution >= 4 is 18.0 Å². The predicted octanol–water partition coefficient (Wildman–Crippen LogP) is 4.62. The Bertz CT molecular complexity index is 1050. The summed E-state index contributed by atoms with van der Waals surface area (Å²) >= 11 is 0. The first-order chi connectivity index (χ1) is 17.0. The SMILES string of the molecule is C=CCC(NC(=O)[C@@H]1CCCCC[C@@H]1NC(=O)OCC1c2ccccc2-c2ccccc21)C(=O)O. The van der Waals surface area contributed by atoms with E-state index in [0.717, 1.165) is 41.5 Å². The zero-order valence-corrected chi connectivity index (χ0v) is 19.7. The van der Waals surface area contributed by atoms with Crippen molar-refractivity contribution in [1.29, 1.82) is 0 Å². The molecular weight excluding hydrogens is 444 g/mol. The van der Waals surface area contributed by atoms with Gasteiger partial charge in [-0.25, -0.2) is 9.59 Å². The third kappa shape index (κ3) is 5.56. The number of benzene rings is 2. The zero-order chi connectivity index (χ0) is 24.8. The minimum atomic E-state index is -1.10. The first-order valence-corrected chi connectivity index (χ1v) is 12.2. The number of carboxylic acid groups (broad SMARTS) is 1. The normalized spacial score (nSPS) is 20.0. The molecule has 3 atom stereocenters. The minimum absolute atomic E-state index is 0.0448. The smallest absolute Gasteiger partial charge is 0.407 e. The molecule has 2 aliphatic carbocycles. The summed E-state index contributed by atoms with van der Waals surface area (Å²) in [6, 6.07) is 14.8. The fourth-order valence-electron chi connectivity index (χ4n) is 5.25. The highest BCUT2D eigenvalue weighted by atomic mass is 16.5. The highest BCUT2D eigenvalue weighted by Gasteiger charge is 2.34. The van der Waals surface area contributed by atoms with Gasteiger partial charge in [0.2, 0.25) is 5.91 Å². The van der Waals surface area contributed by atoms with Crippen LogP contribution in [-0.2, 0) is 14.3 Å². The van der Waals surface area contributed by atoms with E-state index in [2.05, 4.69) is 41.5 Å². The number of nitrogens with one attached hydrogen (secondary N) is 2. The van der Waals surface area contributed by atoms with Gasteiger partial charge in [0.25, 0.3) is 0 Å². The second-order valence-electron chi connectivity index (χ2n) is 9.24. The molecule has 2 aromatic rings. The number of hydrogen-bond acceptors (Lipinski definition) is 4. The molecular formula is C28H32N2O5. The average molecular weight is 477 g/mol. The fourth-order valence-corrected chi connectivity index (χ4v) is 5.25. The van der Waals surface area contributed by atoms with E-state index in [1.165, 1.54) is 6.08 Å². The molecule has 35 heavy (non-hydrogen) atoms. The number of carbonyl (C=O) groups is 3. The van der Waals surface area contributed by atoms with Crippen molar-refractivity contribution in [2.24, 2.45) is 5.92 Å². The van der Waals surface area contributed by atoms with E-state index < -0.39 is 30.1 Å². The van der Waals surface area contributed by atoms with Crippen LogP contribution in [-0.4, -0.2) is 41.8 Å². The first kappa shape index (κ1) is 24.5. The minimum Gasteiger partial charge on any atom is -0.480 e. The Morgan fingerprint density at radius 1 is 1.00 bits per heavy atom. The Morgan fingerprint density at radius 2 is 1.63 bits per heavy atom. The molecule has 1 fully saturated rings. The molecule has 1 unspecified atom stereocenters. The predicted molar refractivity (Wildman–Crippen MR) is 133 cm³/mol. The van der Waals surface area contributed by atoms with E-state index in [0.29, 0.717) is 12.8 Å². The van der Waals surface area contributed by atoms with Crippen molar-refractivity contribution in [1.82, 2.24) is 10.6 Å². The fraction of sp³-hybridized carbons (Fsp3) is 0.393. The first-order valence-electron chi connectivity index (χ1n) is 12.2. The van der Waals surface area contributed by atoms with E-state index in [-0.39, 0.29) is 24.9 Å². The molecule has 7 heteroatoms. The third-order valence-corrected chi connectivity index (χ3v) is 7.02. The van der Waals surface area contributed by atoms with Gasteiger partial charge < -0.3 is 20.5 Å². The molecule has 2 aromatic carbocycles. The molecule has 4 rings (SSSR count). The van der Waals surface area contributed by atoms with Crippen LogP contribution in [0.3, 0.4) is 0 Å². The maximum atomic E-state index is 13.0. The number of hydrogen-bond donors (Lipinski definition) is 3. The van der Waals surface area contributed by atoms with Crippen LogP contribution in [0.1, 0.15) is 55.6 Å². The largest absolute Gasteiger partial charge is 0.480 e. The Balaban J connectivity index is 1.41. The molecule has 0 bridgehead atoms. The van der Waals surface area contributed by atoms with Gasteiger partial charge in [0.15, 0.2) is 0 Å². The van der Waals surface area contributed by atoms with Crippen molar-refractivity contribution in [3.63, 3.8) is 0 Å². The summed E-state index contributed by atoms with van der Waals surface area (Å²) in [7, 11) is 0. The van der Waals surface area contributed by atoms with E-state index >= 15 is 0 Å². The van der Waals surface area contributed by atoms with Crippen molar-refractivity contribution in [3.8, 4) is 11.1 Å². The van der Waals surface area contributed by atoms with Crippen LogP contribution in [0.4, 0.5) is 4.79 Å². The highest BCUT2D eigenvalue weighted by Crippen LogP contribution is 2.44. The van der Waals surface area contributed by atoms with Crippen LogP contribution in [0.25, 0.3) is 11.1 Å². The molecule has 0 heterocycles. The van der Waals surface area contributed by atoms with Gasteiger partial charge in [-0.1, -0.05) is 73.9 Å². The Labute approximate surface area is 205 Å². The number of carbonyl (C=O) groups excluding carboxylic acids is 2. The summed E-state index contributed by atoms with van der Waals surface area (Å²) in [4.78, 5) is 37.3. The molecule has 0 spiro atoms. The monoisotopic (exact) mass is 476 g/mol. The Kier molecular flexibility index (Phi) is 7.85. The molecule has 7 nitrogen and oxygen atoms in total. The van der Waals surface area contributed by atoms with E-state index in [9.17, 15) is 19.5 Å². The van der Waals surface area contributed by atoms with Crippen molar-refractivity contribution in [2.75, 3.05) is 6.61 Å². The van der Waals surface area contributed by atoms with E-state index in [4.69, 9.17) is 4.74 Å². The lowest BCUT2D eigenvalue weighted by Gasteiger charge is -2.26. The summed E-state index contributed by atoms with van der Waals surface area (Å²) in [5, 5.41) is 14.9. The molecule has 0 saturated heterocycles. The van der Waals surface area contributed by atoms with Crippen LogP contribution >= 0.6 is 0 Å². The summed E-state index contributed by atoms with van der Waals surface area (Å²) in [5.41, 5.74) is 4.58. The molecule has 1 saturated carbocycles. The quantitative estimate of drug-likeness (QED) is 0.381. The zero-order valence-electron chi connectivity index (χ0n) is 19.7. The van der Waals surface area contributed by atoms with Crippen LogP contribution in [0.5, 0.6) is 0 Å². The Hall–Kier alpha value is -3.61. The lowest BCUT2D eigenvalue weighted by Crippen LogP contribution is -2.50. The van der Waals surface area contributed by atoms with Crippen LogP contribution in [0.2, 0.25) is 0 Å². The number of aliphatic carboxylic acids is 1. The molecule has 184 valence electrons. The summed E-state index contributed by atoms with van der Waals surface area (Å²) in [6.45, 7) is 3.76.